The van der Waals surface area contributed by atoms with E-state index in [-0.39, 0.29) is 25.9 Å². The minimum absolute atomic E-state index is 0.127. The fourth-order valence-electron chi connectivity index (χ4n) is 2.18. The van der Waals surface area contributed by atoms with Crippen LogP contribution < -0.4 is 11.5 Å². The Morgan fingerprint density at radius 1 is 1.53 bits per heavy atom. The number of β-amino-alcohol motifs (C(OH)–C–C–N with tert-alkyl or cyclic N) is 1. The molecule has 1 aliphatic heterocycles. The normalized spacial score (nSPS) is 26.0. The number of amides is 1. The van der Waals surface area contributed by atoms with Crippen molar-refractivity contribution in [3.8, 4) is 0 Å². The van der Waals surface area contributed by atoms with E-state index in [1.54, 1.807) is 0 Å². The van der Waals surface area contributed by atoms with Crippen molar-refractivity contribution >= 4 is 13.4 Å². The Labute approximate surface area is 102 Å². The first-order valence-electron chi connectivity index (χ1n) is 6.15. The third-order valence-corrected chi connectivity index (χ3v) is 3.17. The molecule has 98 valence electrons. The van der Waals surface area contributed by atoms with Gasteiger partial charge in [0.1, 0.15) is 0 Å². The van der Waals surface area contributed by atoms with E-state index >= 15 is 0 Å². The quantitative estimate of drug-likeness (QED) is 0.309. The fourth-order valence-corrected chi connectivity index (χ4v) is 2.18. The van der Waals surface area contributed by atoms with Gasteiger partial charge in [-0.3, -0.25) is 4.79 Å². The van der Waals surface area contributed by atoms with Crippen molar-refractivity contribution < 1.29 is 14.9 Å². The molecule has 0 aromatic rings. The largest absolute Gasteiger partial charge is 0.452 e. The van der Waals surface area contributed by atoms with E-state index in [0.29, 0.717) is 19.4 Å². The molecular formula is C10H22BN3O3. The van der Waals surface area contributed by atoms with Crippen molar-refractivity contribution in [2.24, 2.45) is 11.5 Å². The number of likely N-dealkylation sites (tertiary alicyclic amines) is 1. The molecule has 0 aliphatic carbocycles. The van der Waals surface area contributed by atoms with E-state index in [9.17, 15) is 9.90 Å². The summed E-state index contributed by atoms with van der Waals surface area (Å²) >= 11 is 0. The first kappa shape index (κ1) is 14.4. The Morgan fingerprint density at radius 3 is 2.82 bits per heavy atom. The van der Waals surface area contributed by atoms with Crippen LogP contribution in [0.2, 0.25) is 0 Å². The Hall–Kier alpha value is -0.625. The van der Waals surface area contributed by atoms with Gasteiger partial charge in [0.25, 0.3) is 7.48 Å². The number of nitrogens with two attached hydrogens (primary N) is 2. The van der Waals surface area contributed by atoms with Gasteiger partial charge in [-0.05, 0) is 25.8 Å². The number of aliphatic hydroxyl groups is 1. The zero-order valence-electron chi connectivity index (χ0n) is 10.1. The smallest absolute Gasteiger partial charge is 0.293 e. The highest BCUT2D eigenvalue weighted by molar-refractivity contribution is 6.28. The van der Waals surface area contributed by atoms with Gasteiger partial charge in [0.15, 0.2) is 0 Å². The highest BCUT2D eigenvalue weighted by Gasteiger charge is 2.36. The molecule has 7 heteroatoms. The maximum absolute atomic E-state index is 12.0. The van der Waals surface area contributed by atoms with Crippen LogP contribution in [-0.2, 0) is 4.79 Å². The molecule has 0 aromatic heterocycles. The van der Waals surface area contributed by atoms with Gasteiger partial charge >= 0.3 is 0 Å². The second-order valence-corrected chi connectivity index (χ2v) is 4.61. The monoisotopic (exact) mass is 243 g/mol. The molecule has 1 rings (SSSR count). The second kappa shape index (κ2) is 6.95. The molecule has 1 aliphatic rings. The number of hydrogen-bond acceptors (Lipinski definition) is 5. The van der Waals surface area contributed by atoms with Crippen LogP contribution in [0.15, 0.2) is 0 Å². The Kier molecular flexibility index (Phi) is 5.90. The average molecular weight is 243 g/mol. The van der Waals surface area contributed by atoms with Crippen LogP contribution in [0.4, 0.5) is 0 Å². The van der Waals surface area contributed by atoms with Crippen LogP contribution in [0.5, 0.6) is 0 Å². The number of carbonyl (C=O) groups excluding carboxylic acids is 1. The Bertz CT molecular complexity index is 255. The molecule has 1 amide bonds. The van der Waals surface area contributed by atoms with Crippen LogP contribution >= 0.6 is 0 Å². The average Bonchev–Trinajstić information content (AvgIpc) is 2.69. The lowest BCUT2D eigenvalue weighted by atomic mass is 9.85. The van der Waals surface area contributed by atoms with Crippen molar-refractivity contribution in [1.82, 2.24) is 4.90 Å². The van der Waals surface area contributed by atoms with Crippen LogP contribution in [-0.4, -0.2) is 59.6 Å². The first-order chi connectivity index (χ1) is 8.10. The molecule has 1 fully saturated rings. The third kappa shape index (κ3) is 3.95. The summed E-state index contributed by atoms with van der Waals surface area (Å²) in [7, 11) is -0.127. The molecule has 1 saturated heterocycles. The molecule has 1 heterocycles. The summed E-state index contributed by atoms with van der Waals surface area (Å²) in [6, 6.07) is -0.555. The van der Waals surface area contributed by atoms with Gasteiger partial charge in [-0.1, -0.05) is 6.42 Å². The summed E-state index contributed by atoms with van der Waals surface area (Å²) < 4.78 is 0. The van der Waals surface area contributed by atoms with Crippen LogP contribution in [0.3, 0.4) is 0 Å². The van der Waals surface area contributed by atoms with Gasteiger partial charge < -0.3 is 26.5 Å². The number of rotatable bonds is 6. The summed E-state index contributed by atoms with van der Waals surface area (Å²) in [4.78, 5) is 13.5. The number of unbranched alkanes of at least 4 members (excludes halogenated alkanes) is 1. The lowest BCUT2D eigenvalue weighted by Crippen LogP contribution is -2.48. The molecule has 6 N–H and O–H groups in total. The maximum atomic E-state index is 12.0. The van der Waals surface area contributed by atoms with Gasteiger partial charge in [0.05, 0.1) is 12.1 Å². The highest BCUT2D eigenvalue weighted by atomic mass is 16.3. The molecule has 0 spiro atoms. The Balaban J connectivity index is 2.44. The Morgan fingerprint density at radius 2 is 2.24 bits per heavy atom. The first-order valence-corrected chi connectivity index (χ1v) is 6.15. The standard InChI is InChI=1S/C10H22BN3O3/c12-4-2-1-3-8(13)10(16)14-6-7(15)5-9(14)11-17/h7-9,11,15,17H,1-6,12-13H2/t7-,8?,9?/m0/s1. The minimum atomic E-state index is -0.555. The lowest BCUT2D eigenvalue weighted by Gasteiger charge is -2.25. The summed E-state index contributed by atoms with van der Waals surface area (Å²) in [5.41, 5.74) is 11.2. The topological polar surface area (TPSA) is 113 Å². The molecule has 0 aromatic carbocycles. The molecule has 0 saturated carbocycles. The summed E-state index contributed by atoms with van der Waals surface area (Å²) in [5.74, 6) is -0.476. The van der Waals surface area contributed by atoms with Gasteiger partial charge in [-0.15, -0.1) is 0 Å². The van der Waals surface area contributed by atoms with Crippen molar-refractivity contribution in [3.63, 3.8) is 0 Å². The van der Waals surface area contributed by atoms with Crippen LogP contribution in [0.1, 0.15) is 25.7 Å². The molecule has 0 radical (unpaired) electrons. The van der Waals surface area contributed by atoms with Crippen LogP contribution in [0.25, 0.3) is 0 Å². The minimum Gasteiger partial charge on any atom is -0.452 e. The third-order valence-electron chi connectivity index (χ3n) is 3.17. The van der Waals surface area contributed by atoms with E-state index in [0.717, 1.165) is 12.8 Å². The predicted molar refractivity (Wildman–Crippen MR) is 66.4 cm³/mol. The number of hydrogen-bond donors (Lipinski definition) is 4. The fraction of sp³-hybridized carbons (Fsp3) is 0.900. The van der Waals surface area contributed by atoms with Gasteiger partial charge in [0.2, 0.25) is 5.91 Å². The van der Waals surface area contributed by atoms with E-state index in [1.807, 2.05) is 0 Å². The van der Waals surface area contributed by atoms with E-state index < -0.39 is 12.1 Å². The predicted octanol–water partition coefficient (Wildman–Crippen LogP) is -2.29. The van der Waals surface area contributed by atoms with E-state index in [4.69, 9.17) is 16.5 Å². The molecular weight excluding hydrogens is 221 g/mol. The van der Waals surface area contributed by atoms with E-state index in [2.05, 4.69) is 0 Å². The van der Waals surface area contributed by atoms with Gasteiger partial charge in [-0.25, -0.2) is 0 Å². The molecule has 17 heavy (non-hydrogen) atoms. The molecule has 6 nitrogen and oxygen atoms in total. The zero-order chi connectivity index (χ0) is 12.8. The number of aliphatic hydroxyl groups excluding tert-OH is 1. The molecule has 0 bridgehead atoms. The van der Waals surface area contributed by atoms with E-state index in [1.165, 1.54) is 4.90 Å². The number of nitrogens with zero attached hydrogens (tertiary/aromatic N) is 1. The van der Waals surface area contributed by atoms with Crippen molar-refractivity contribution in [2.45, 2.75) is 43.8 Å². The maximum Gasteiger partial charge on any atom is 0.293 e. The van der Waals surface area contributed by atoms with Crippen molar-refractivity contribution in [2.75, 3.05) is 13.1 Å². The molecule has 3 atom stereocenters. The summed E-state index contributed by atoms with van der Waals surface area (Å²) in [6.45, 7) is 0.872. The molecule has 2 unspecified atom stereocenters. The summed E-state index contributed by atoms with van der Waals surface area (Å²) in [6.07, 6.45) is 2.15. The van der Waals surface area contributed by atoms with Crippen molar-refractivity contribution in [3.05, 3.63) is 0 Å². The van der Waals surface area contributed by atoms with Gasteiger partial charge in [-0.2, -0.15) is 0 Å². The second-order valence-electron chi connectivity index (χ2n) is 4.61. The summed E-state index contributed by atoms with van der Waals surface area (Å²) in [5, 5.41) is 18.6. The van der Waals surface area contributed by atoms with Gasteiger partial charge in [0, 0.05) is 12.5 Å². The van der Waals surface area contributed by atoms with Crippen molar-refractivity contribution in [1.29, 1.82) is 0 Å². The number of carbonyl (C=O) groups is 1. The highest BCUT2D eigenvalue weighted by Crippen LogP contribution is 2.18. The lowest BCUT2D eigenvalue weighted by molar-refractivity contribution is -0.132. The zero-order valence-corrected chi connectivity index (χ0v) is 10.1. The SMILES string of the molecule is NCCCCC(N)C(=O)N1C[C@@H](O)CC1BO. The van der Waals surface area contributed by atoms with Crippen LogP contribution in [0, 0.1) is 0 Å².